The van der Waals surface area contributed by atoms with Gasteiger partial charge in [0, 0.05) is 19.6 Å². The molecular weight excluding hydrogens is 274 g/mol. The molecule has 1 N–H and O–H groups in total. The molecule has 6 heteroatoms. The van der Waals surface area contributed by atoms with Crippen LogP contribution in [0.15, 0.2) is 0 Å². The number of hydrogen-bond acceptors (Lipinski definition) is 5. The fraction of sp³-hybridized carbons (Fsp3) is 0.786. The van der Waals surface area contributed by atoms with E-state index in [0.29, 0.717) is 17.3 Å². The van der Waals surface area contributed by atoms with Crippen molar-refractivity contribution in [2.75, 3.05) is 29.9 Å². The molecule has 5 nitrogen and oxygen atoms in total. The molecule has 110 valence electrons. The molecule has 1 aliphatic carbocycles. The van der Waals surface area contributed by atoms with Gasteiger partial charge in [0.1, 0.15) is 0 Å². The molecular formula is C14H22ClN5. The molecule has 0 bridgehead atoms. The van der Waals surface area contributed by atoms with Gasteiger partial charge in [0.25, 0.3) is 0 Å². The van der Waals surface area contributed by atoms with E-state index in [2.05, 4.69) is 32.1 Å². The molecule has 1 saturated heterocycles. The Labute approximate surface area is 125 Å². The molecule has 0 atom stereocenters. The van der Waals surface area contributed by atoms with Crippen molar-refractivity contribution in [2.24, 2.45) is 5.41 Å². The van der Waals surface area contributed by atoms with Crippen LogP contribution in [0.5, 0.6) is 0 Å². The first-order valence-corrected chi connectivity index (χ1v) is 7.93. The van der Waals surface area contributed by atoms with Crippen molar-refractivity contribution in [3.8, 4) is 0 Å². The first-order chi connectivity index (χ1) is 9.65. The van der Waals surface area contributed by atoms with Gasteiger partial charge in [-0.25, -0.2) is 0 Å². The van der Waals surface area contributed by atoms with Crippen molar-refractivity contribution in [1.29, 1.82) is 0 Å². The Morgan fingerprint density at radius 1 is 1.10 bits per heavy atom. The molecule has 1 aliphatic heterocycles. The summed E-state index contributed by atoms with van der Waals surface area (Å²) in [5.74, 6) is 1.32. The predicted molar refractivity (Wildman–Crippen MR) is 81.3 cm³/mol. The maximum Gasteiger partial charge on any atom is 0.231 e. The normalized spacial score (nSPS) is 21.4. The molecule has 0 amide bonds. The lowest BCUT2D eigenvalue weighted by Gasteiger charge is -2.38. The van der Waals surface area contributed by atoms with E-state index in [-0.39, 0.29) is 5.28 Å². The van der Waals surface area contributed by atoms with E-state index in [9.17, 15) is 0 Å². The minimum Gasteiger partial charge on any atom is -0.353 e. The van der Waals surface area contributed by atoms with Crippen LogP contribution in [-0.2, 0) is 0 Å². The van der Waals surface area contributed by atoms with E-state index in [0.717, 1.165) is 19.6 Å². The lowest BCUT2D eigenvalue weighted by atomic mass is 9.70. The highest BCUT2D eigenvalue weighted by atomic mass is 35.5. The molecule has 0 unspecified atom stereocenters. The fourth-order valence-corrected chi connectivity index (χ4v) is 3.06. The first kappa shape index (κ1) is 13.9. The summed E-state index contributed by atoms with van der Waals surface area (Å²) in [4.78, 5) is 15.2. The number of nitrogens with one attached hydrogen (secondary N) is 1. The Morgan fingerprint density at radius 2 is 1.85 bits per heavy atom. The zero-order valence-corrected chi connectivity index (χ0v) is 12.8. The summed E-state index contributed by atoms with van der Waals surface area (Å²) >= 11 is 6.04. The van der Waals surface area contributed by atoms with Gasteiger partial charge in [0.2, 0.25) is 17.2 Å². The third kappa shape index (κ3) is 3.14. The predicted octanol–water partition coefficient (Wildman–Crippen LogP) is 3.12. The molecule has 0 aromatic carbocycles. The number of hydrogen-bond donors (Lipinski definition) is 1. The number of piperidine rings is 1. The van der Waals surface area contributed by atoms with Gasteiger partial charge in [0.05, 0.1) is 0 Å². The van der Waals surface area contributed by atoms with Crippen molar-refractivity contribution in [2.45, 2.75) is 45.4 Å². The Bertz CT molecular complexity index is 469. The van der Waals surface area contributed by atoms with Gasteiger partial charge in [0.15, 0.2) is 0 Å². The summed E-state index contributed by atoms with van der Waals surface area (Å²) in [5.41, 5.74) is 0.393. The molecule has 3 rings (SSSR count). The van der Waals surface area contributed by atoms with Crippen molar-refractivity contribution in [1.82, 2.24) is 15.0 Å². The highest BCUT2D eigenvalue weighted by molar-refractivity contribution is 6.28. The number of nitrogens with zero attached hydrogens (tertiary/aromatic N) is 4. The van der Waals surface area contributed by atoms with Crippen LogP contribution in [0.1, 0.15) is 45.4 Å². The number of rotatable bonds is 4. The second-order valence-electron chi connectivity index (χ2n) is 6.29. The maximum absolute atomic E-state index is 6.04. The summed E-state index contributed by atoms with van der Waals surface area (Å²) in [6.07, 6.45) is 7.57. The SMILES string of the molecule is CC1(CNc2nc(Cl)nc(N3CCCCC3)n2)CCC1. The molecule has 0 spiro atoms. The first-order valence-electron chi connectivity index (χ1n) is 7.55. The molecule has 1 saturated carbocycles. The lowest BCUT2D eigenvalue weighted by molar-refractivity contribution is 0.179. The minimum absolute atomic E-state index is 0.279. The third-order valence-electron chi connectivity index (χ3n) is 4.47. The standard InChI is InChI=1S/C14H22ClN5/c1-14(6-5-7-14)10-16-12-17-11(15)18-13(19-12)20-8-3-2-4-9-20/h2-10H2,1H3,(H,16,17,18,19). The molecule has 2 aliphatic rings. The van der Waals surface area contributed by atoms with Gasteiger partial charge in [-0.1, -0.05) is 13.3 Å². The summed E-state index contributed by atoms with van der Waals surface area (Å²) in [6, 6.07) is 0. The topological polar surface area (TPSA) is 53.9 Å². The van der Waals surface area contributed by atoms with Gasteiger partial charge in [-0.15, -0.1) is 0 Å². The Morgan fingerprint density at radius 3 is 2.50 bits per heavy atom. The van der Waals surface area contributed by atoms with Crippen molar-refractivity contribution < 1.29 is 0 Å². The largest absolute Gasteiger partial charge is 0.353 e. The zero-order valence-electron chi connectivity index (χ0n) is 12.0. The highest BCUT2D eigenvalue weighted by Crippen LogP contribution is 2.40. The molecule has 2 heterocycles. The van der Waals surface area contributed by atoms with Gasteiger partial charge < -0.3 is 10.2 Å². The average molecular weight is 296 g/mol. The molecule has 2 fully saturated rings. The van der Waals surface area contributed by atoms with Crippen LogP contribution in [0.3, 0.4) is 0 Å². The van der Waals surface area contributed by atoms with E-state index >= 15 is 0 Å². The summed E-state index contributed by atoms with van der Waals surface area (Å²) in [7, 11) is 0. The van der Waals surface area contributed by atoms with E-state index in [1.807, 2.05) is 0 Å². The molecule has 1 aromatic heterocycles. The van der Waals surface area contributed by atoms with Crippen LogP contribution in [-0.4, -0.2) is 34.6 Å². The molecule has 0 radical (unpaired) electrons. The molecule has 20 heavy (non-hydrogen) atoms. The number of halogens is 1. The lowest BCUT2D eigenvalue weighted by Crippen LogP contribution is -2.34. The summed E-state index contributed by atoms with van der Waals surface area (Å²) in [6.45, 7) is 5.24. The smallest absolute Gasteiger partial charge is 0.231 e. The minimum atomic E-state index is 0.279. The van der Waals surface area contributed by atoms with E-state index in [4.69, 9.17) is 11.6 Å². The van der Waals surface area contributed by atoms with E-state index in [1.54, 1.807) is 0 Å². The zero-order chi connectivity index (χ0) is 14.0. The summed E-state index contributed by atoms with van der Waals surface area (Å²) < 4.78 is 0. The second-order valence-corrected chi connectivity index (χ2v) is 6.63. The monoisotopic (exact) mass is 295 g/mol. The Balaban J connectivity index is 1.69. The third-order valence-corrected chi connectivity index (χ3v) is 4.64. The quantitative estimate of drug-likeness (QED) is 0.925. The second kappa shape index (κ2) is 5.72. The van der Waals surface area contributed by atoms with Gasteiger partial charge in [-0.05, 0) is 49.1 Å². The van der Waals surface area contributed by atoms with E-state index < -0.39 is 0 Å². The Kier molecular flexibility index (Phi) is 3.96. The summed E-state index contributed by atoms with van der Waals surface area (Å²) in [5, 5.41) is 3.61. The van der Waals surface area contributed by atoms with Crippen molar-refractivity contribution in [3.63, 3.8) is 0 Å². The number of aromatic nitrogens is 3. The van der Waals surface area contributed by atoms with Crippen molar-refractivity contribution >= 4 is 23.5 Å². The van der Waals surface area contributed by atoms with Gasteiger partial charge in [-0.3, -0.25) is 0 Å². The number of anilines is 2. The molecule has 1 aromatic rings. The van der Waals surface area contributed by atoms with Crippen LogP contribution >= 0.6 is 11.6 Å². The maximum atomic E-state index is 6.04. The van der Waals surface area contributed by atoms with Crippen LogP contribution in [0.25, 0.3) is 0 Å². The van der Waals surface area contributed by atoms with Crippen LogP contribution in [0.4, 0.5) is 11.9 Å². The fourth-order valence-electron chi connectivity index (χ4n) is 2.90. The van der Waals surface area contributed by atoms with Gasteiger partial charge >= 0.3 is 0 Å². The van der Waals surface area contributed by atoms with Gasteiger partial charge in [-0.2, -0.15) is 15.0 Å². The van der Waals surface area contributed by atoms with Crippen LogP contribution in [0.2, 0.25) is 5.28 Å². The highest BCUT2D eigenvalue weighted by Gasteiger charge is 2.31. The average Bonchev–Trinajstić information content (AvgIpc) is 2.43. The van der Waals surface area contributed by atoms with E-state index in [1.165, 1.54) is 38.5 Å². The van der Waals surface area contributed by atoms with Crippen molar-refractivity contribution in [3.05, 3.63) is 5.28 Å². The van der Waals surface area contributed by atoms with Crippen LogP contribution in [0, 0.1) is 5.41 Å². The van der Waals surface area contributed by atoms with Crippen LogP contribution < -0.4 is 10.2 Å². The Hall–Kier alpha value is -1.10.